The van der Waals surface area contributed by atoms with Gasteiger partial charge < -0.3 is 10.0 Å². The molecule has 94 valence electrons. The summed E-state index contributed by atoms with van der Waals surface area (Å²) in [7, 11) is 0. The van der Waals surface area contributed by atoms with Crippen molar-refractivity contribution in [2.45, 2.75) is 31.8 Å². The van der Waals surface area contributed by atoms with E-state index >= 15 is 0 Å². The number of likely N-dealkylation sites (tertiary alicyclic amines) is 1. The summed E-state index contributed by atoms with van der Waals surface area (Å²) in [6.07, 6.45) is 5.00. The number of piperidine rings is 1. The first-order valence-corrected chi connectivity index (χ1v) is 6.20. The van der Waals surface area contributed by atoms with Gasteiger partial charge in [0.05, 0.1) is 11.8 Å². The molecule has 0 amide bonds. The minimum Gasteiger partial charge on any atom is -0.385 e. The number of nitrogens with zero attached hydrogens (tertiary/aromatic N) is 2. The molecule has 0 aromatic carbocycles. The van der Waals surface area contributed by atoms with E-state index in [2.05, 4.69) is 16.8 Å². The van der Waals surface area contributed by atoms with Crippen molar-refractivity contribution in [2.24, 2.45) is 0 Å². The second-order valence-corrected chi connectivity index (χ2v) is 4.73. The van der Waals surface area contributed by atoms with Crippen LogP contribution in [0, 0.1) is 5.82 Å². The van der Waals surface area contributed by atoms with Crippen LogP contribution in [0.2, 0.25) is 0 Å². The molecule has 1 aliphatic rings. The summed E-state index contributed by atoms with van der Waals surface area (Å²) in [6, 6.07) is 1.59. The maximum Gasteiger partial charge on any atom is 0.147 e. The Morgan fingerprint density at radius 2 is 2.18 bits per heavy atom. The molecule has 0 saturated carbocycles. The van der Waals surface area contributed by atoms with E-state index in [4.69, 9.17) is 0 Å². The second-order valence-electron chi connectivity index (χ2n) is 4.73. The monoisotopic (exact) mass is 238 g/mol. The van der Waals surface area contributed by atoms with Gasteiger partial charge in [-0.15, -0.1) is 0 Å². The van der Waals surface area contributed by atoms with Crippen molar-refractivity contribution in [1.82, 2.24) is 9.88 Å². The molecule has 2 heterocycles. The van der Waals surface area contributed by atoms with Gasteiger partial charge in [0.15, 0.2) is 0 Å². The SMILES string of the molecule is CCCN1CCC(O)(c2ccncc2F)CC1. The lowest BCUT2D eigenvalue weighted by Gasteiger charge is -2.38. The van der Waals surface area contributed by atoms with E-state index in [1.165, 1.54) is 12.4 Å². The lowest BCUT2D eigenvalue weighted by Crippen LogP contribution is -2.43. The molecule has 0 atom stereocenters. The highest BCUT2D eigenvalue weighted by Crippen LogP contribution is 2.33. The van der Waals surface area contributed by atoms with Crippen LogP contribution in [-0.4, -0.2) is 34.6 Å². The van der Waals surface area contributed by atoms with Crippen LogP contribution in [0.4, 0.5) is 4.39 Å². The quantitative estimate of drug-likeness (QED) is 0.874. The number of pyridine rings is 1. The lowest BCUT2D eigenvalue weighted by atomic mass is 9.84. The first-order valence-electron chi connectivity index (χ1n) is 6.20. The predicted octanol–water partition coefficient (Wildman–Crippen LogP) is 1.91. The first-order chi connectivity index (χ1) is 8.15. The molecule has 3 nitrogen and oxygen atoms in total. The van der Waals surface area contributed by atoms with Crippen molar-refractivity contribution in [1.29, 1.82) is 0 Å². The zero-order valence-corrected chi connectivity index (χ0v) is 10.2. The molecular weight excluding hydrogens is 219 g/mol. The molecule has 1 N–H and O–H groups in total. The summed E-state index contributed by atoms with van der Waals surface area (Å²) in [6.45, 7) is 4.84. The topological polar surface area (TPSA) is 36.4 Å². The first kappa shape index (κ1) is 12.5. The minimum absolute atomic E-state index is 0.392. The summed E-state index contributed by atoms with van der Waals surface area (Å²) in [5.74, 6) is -0.404. The van der Waals surface area contributed by atoms with Crippen LogP contribution < -0.4 is 0 Å². The largest absolute Gasteiger partial charge is 0.385 e. The molecule has 1 saturated heterocycles. The fourth-order valence-electron chi connectivity index (χ4n) is 2.48. The molecular formula is C13H19FN2O. The van der Waals surface area contributed by atoms with Crippen LogP contribution in [0.25, 0.3) is 0 Å². The maximum absolute atomic E-state index is 13.6. The van der Waals surface area contributed by atoms with Crippen molar-refractivity contribution >= 4 is 0 Å². The van der Waals surface area contributed by atoms with E-state index in [1.54, 1.807) is 6.07 Å². The average Bonchev–Trinajstić information content (AvgIpc) is 2.33. The van der Waals surface area contributed by atoms with Gasteiger partial charge in [-0.2, -0.15) is 0 Å². The Labute approximate surface area is 101 Å². The van der Waals surface area contributed by atoms with Gasteiger partial charge in [0, 0.05) is 24.8 Å². The molecule has 4 heteroatoms. The van der Waals surface area contributed by atoms with E-state index < -0.39 is 11.4 Å². The Kier molecular flexibility index (Phi) is 3.74. The van der Waals surface area contributed by atoms with Crippen molar-refractivity contribution in [2.75, 3.05) is 19.6 Å². The highest BCUT2D eigenvalue weighted by Gasteiger charge is 2.35. The second kappa shape index (κ2) is 5.10. The molecule has 2 rings (SSSR count). The fourth-order valence-corrected chi connectivity index (χ4v) is 2.48. The molecule has 0 spiro atoms. The number of rotatable bonds is 3. The highest BCUT2D eigenvalue weighted by molar-refractivity contribution is 5.22. The molecule has 0 aliphatic carbocycles. The van der Waals surface area contributed by atoms with Gasteiger partial charge >= 0.3 is 0 Å². The van der Waals surface area contributed by atoms with Crippen LogP contribution in [0.5, 0.6) is 0 Å². The predicted molar refractivity (Wildman–Crippen MR) is 64.1 cm³/mol. The van der Waals surface area contributed by atoms with E-state index in [9.17, 15) is 9.50 Å². The third-order valence-electron chi connectivity index (χ3n) is 3.50. The number of halogens is 1. The Balaban J connectivity index is 2.10. The van der Waals surface area contributed by atoms with Crippen LogP contribution >= 0.6 is 0 Å². The smallest absolute Gasteiger partial charge is 0.147 e. The standard InChI is InChI=1S/C13H19FN2O/c1-2-7-16-8-4-13(17,5-9-16)11-3-6-15-10-12(11)14/h3,6,10,17H,2,4-5,7-9H2,1H3. The van der Waals surface area contributed by atoms with Crippen molar-refractivity contribution in [3.63, 3.8) is 0 Å². The van der Waals surface area contributed by atoms with Gasteiger partial charge in [0.25, 0.3) is 0 Å². The third-order valence-corrected chi connectivity index (χ3v) is 3.50. The van der Waals surface area contributed by atoms with Crippen molar-refractivity contribution < 1.29 is 9.50 Å². The van der Waals surface area contributed by atoms with Crippen molar-refractivity contribution in [3.8, 4) is 0 Å². The minimum atomic E-state index is -1.02. The zero-order valence-electron chi connectivity index (χ0n) is 10.2. The Morgan fingerprint density at radius 1 is 1.47 bits per heavy atom. The molecule has 1 fully saturated rings. The van der Waals surface area contributed by atoms with E-state index in [1.807, 2.05) is 0 Å². The fraction of sp³-hybridized carbons (Fsp3) is 0.615. The average molecular weight is 238 g/mol. The van der Waals surface area contributed by atoms with E-state index in [0.717, 1.165) is 26.1 Å². The normalized spacial score (nSPS) is 20.4. The molecule has 0 unspecified atom stereocenters. The lowest BCUT2D eigenvalue weighted by molar-refractivity contribution is -0.0284. The molecule has 0 bridgehead atoms. The van der Waals surface area contributed by atoms with Crippen molar-refractivity contribution in [3.05, 3.63) is 29.8 Å². The summed E-state index contributed by atoms with van der Waals surface area (Å²) in [4.78, 5) is 6.03. The van der Waals surface area contributed by atoms with Crippen LogP contribution in [-0.2, 0) is 5.60 Å². The summed E-state index contributed by atoms with van der Waals surface area (Å²) < 4.78 is 13.6. The molecule has 1 aromatic rings. The van der Waals surface area contributed by atoms with Gasteiger partial charge in [-0.3, -0.25) is 4.98 Å². The number of aliphatic hydroxyl groups is 1. The number of hydrogen-bond acceptors (Lipinski definition) is 3. The van der Waals surface area contributed by atoms with Gasteiger partial charge in [0.2, 0.25) is 0 Å². The van der Waals surface area contributed by atoms with Gasteiger partial charge in [-0.25, -0.2) is 4.39 Å². The molecule has 0 radical (unpaired) electrons. The summed E-state index contributed by atoms with van der Waals surface area (Å²) in [5.41, 5.74) is -0.624. The van der Waals surface area contributed by atoms with Crippen LogP contribution in [0.1, 0.15) is 31.7 Å². The zero-order chi connectivity index (χ0) is 12.3. The summed E-state index contributed by atoms with van der Waals surface area (Å²) >= 11 is 0. The summed E-state index contributed by atoms with van der Waals surface area (Å²) in [5, 5.41) is 10.5. The van der Waals surface area contributed by atoms with E-state index in [-0.39, 0.29) is 0 Å². The third kappa shape index (κ3) is 2.64. The van der Waals surface area contributed by atoms with E-state index in [0.29, 0.717) is 18.4 Å². The molecule has 1 aliphatic heterocycles. The van der Waals surface area contributed by atoms with Gasteiger partial charge in [-0.05, 0) is 31.9 Å². The number of aromatic nitrogens is 1. The van der Waals surface area contributed by atoms with Crippen LogP contribution in [0.3, 0.4) is 0 Å². The maximum atomic E-state index is 13.6. The van der Waals surface area contributed by atoms with Gasteiger partial charge in [0.1, 0.15) is 5.82 Å². The molecule has 1 aromatic heterocycles. The Bertz CT molecular complexity index is 375. The van der Waals surface area contributed by atoms with Gasteiger partial charge in [-0.1, -0.05) is 6.92 Å². The molecule has 17 heavy (non-hydrogen) atoms. The Hall–Kier alpha value is -1.00. The van der Waals surface area contributed by atoms with Crippen LogP contribution in [0.15, 0.2) is 18.5 Å². The number of hydrogen-bond donors (Lipinski definition) is 1. The Morgan fingerprint density at radius 3 is 2.76 bits per heavy atom. The highest BCUT2D eigenvalue weighted by atomic mass is 19.1.